The molecule has 4 heteroatoms. The highest BCUT2D eigenvalue weighted by molar-refractivity contribution is 6.08. The maximum absolute atomic E-state index is 13.0. The first kappa shape index (κ1) is 13.0. The van der Waals surface area contributed by atoms with Gasteiger partial charge in [-0.05, 0) is 37.3 Å². The van der Waals surface area contributed by atoms with E-state index in [1.807, 2.05) is 0 Å². The average Bonchev–Trinajstić information content (AvgIpc) is 2.39. The molecule has 0 atom stereocenters. The van der Waals surface area contributed by atoms with Crippen LogP contribution in [0.2, 0.25) is 0 Å². The van der Waals surface area contributed by atoms with Crippen LogP contribution >= 0.6 is 0 Å². The van der Waals surface area contributed by atoms with Crippen molar-refractivity contribution in [1.29, 1.82) is 0 Å². The zero-order chi connectivity index (χ0) is 13.8. The van der Waals surface area contributed by atoms with E-state index in [1.54, 1.807) is 24.3 Å². The lowest BCUT2D eigenvalue weighted by molar-refractivity contribution is 0.101. The van der Waals surface area contributed by atoms with Crippen molar-refractivity contribution in [2.75, 3.05) is 5.32 Å². The number of halogens is 1. The molecular weight excluding hydrogens is 245 g/mol. The van der Waals surface area contributed by atoms with E-state index in [2.05, 4.69) is 5.32 Å². The number of Topliss-reactive ketones (excluding diaryl/α,β-unsaturated/α-hetero) is 1. The van der Waals surface area contributed by atoms with Crippen LogP contribution in [0.5, 0.6) is 0 Å². The van der Waals surface area contributed by atoms with Crippen LogP contribution in [0.25, 0.3) is 0 Å². The fourth-order valence-corrected chi connectivity index (χ4v) is 1.72. The van der Waals surface area contributed by atoms with Crippen LogP contribution in [0.4, 0.5) is 10.1 Å². The summed E-state index contributed by atoms with van der Waals surface area (Å²) in [6.07, 6.45) is 0. The molecule has 0 aliphatic rings. The number of para-hydroxylation sites is 1. The number of benzene rings is 2. The highest BCUT2D eigenvalue weighted by atomic mass is 19.1. The lowest BCUT2D eigenvalue weighted by Crippen LogP contribution is -2.14. The largest absolute Gasteiger partial charge is 0.321 e. The number of rotatable bonds is 3. The second-order valence-corrected chi connectivity index (χ2v) is 4.07. The molecule has 0 aromatic heterocycles. The van der Waals surface area contributed by atoms with Gasteiger partial charge in [0.2, 0.25) is 0 Å². The summed E-state index contributed by atoms with van der Waals surface area (Å²) >= 11 is 0. The molecule has 2 rings (SSSR count). The van der Waals surface area contributed by atoms with E-state index in [-0.39, 0.29) is 11.3 Å². The molecule has 0 aliphatic heterocycles. The standard InChI is InChI=1S/C15H12FNO2/c1-10(18)13-7-2-3-8-14(13)17-15(19)11-5-4-6-12(16)9-11/h2-9H,1H3,(H,17,19). The highest BCUT2D eigenvalue weighted by Gasteiger charge is 2.11. The molecule has 0 unspecified atom stereocenters. The third-order valence-corrected chi connectivity index (χ3v) is 2.64. The lowest BCUT2D eigenvalue weighted by atomic mass is 10.1. The Morgan fingerprint density at radius 2 is 1.79 bits per heavy atom. The first-order valence-electron chi connectivity index (χ1n) is 5.75. The molecule has 19 heavy (non-hydrogen) atoms. The predicted molar refractivity (Wildman–Crippen MR) is 70.8 cm³/mol. The number of hydrogen-bond donors (Lipinski definition) is 1. The minimum Gasteiger partial charge on any atom is -0.321 e. The minimum atomic E-state index is -0.479. The zero-order valence-corrected chi connectivity index (χ0v) is 10.3. The Balaban J connectivity index is 2.27. The van der Waals surface area contributed by atoms with Gasteiger partial charge in [-0.15, -0.1) is 0 Å². The van der Waals surface area contributed by atoms with Crippen LogP contribution in [-0.4, -0.2) is 11.7 Å². The van der Waals surface area contributed by atoms with Crippen LogP contribution < -0.4 is 5.32 Å². The van der Waals surface area contributed by atoms with Crippen molar-refractivity contribution in [3.63, 3.8) is 0 Å². The molecule has 1 amide bonds. The maximum Gasteiger partial charge on any atom is 0.255 e. The number of ketones is 1. The average molecular weight is 257 g/mol. The van der Waals surface area contributed by atoms with Gasteiger partial charge in [-0.2, -0.15) is 0 Å². The molecule has 96 valence electrons. The fraction of sp³-hybridized carbons (Fsp3) is 0.0667. The van der Waals surface area contributed by atoms with Gasteiger partial charge in [-0.1, -0.05) is 18.2 Å². The summed E-state index contributed by atoms with van der Waals surface area (Å²) in [5, 5.41) is 2.61. The summed E-state index contributed by atoms with van der Waals surface area (Å²) in [5.41, 5.74) is 1.05. The van der Waals surface area contributed by atoms with Crippen molar-refractivity contribution in [2.24, 2.45) is 0 Å². The van der Waals surface area contributed by atoms with Gasteiger partial charge in [-0.25, -0.2) is 4.39 Å². The van der Waals surface area contributed by atoms with E-state index in [0.717, 1.165) is 6.07 Å². The molecule has 0 spiro atoms. The third-order valence-electron chi connectivity index (χ3n) is 2.64. The number of hydrogen-bond acceptors (Lipinski definition) is 2. The number of carbonyl (C=O) groups excluding carboxylic acids is 2. The van der Waals surface area contributed by atoms with Crippen molar-refractivity contribution >= 4 is 17.4 Å². The Bertz CT molecular complexity index is 638. The summed E-state index contributed by atoms with van der Waals surface area (Å²) < 4.78 is 13.0. The molecule has 0 bridgehead atoms. The molecule has 0 saturated heterocycles. The Kier molecular flexibility index (Phi) is 3.71. The first-order valence-corrected chi connectivity index (χ1v) is 5.75. The van der Waals surface area contributed by atoms with E-state index in [0.29, 0.717) is 11.3 Å². The summed E-state index contributed by atoms with van der Waals surface area (Å²) in [7, 11) is 0. The van der Waals surface area contributed by atoms with Crippen LogP contribution in [-0.2, 0) is 0 Å². The van der Waals surface area contributed by atoms with E-state index < -0.39 is 11.7 Å². The first-order chi connectivity index (χ1) is 9.08. The summed E-state index contributed by atoms with van der Waals surface area (Å²) in [4.78, 5) is 23.4. The summed E-state index contributed by atoms with van der Waals surface area (Å²) in [6, 6.07) is 12.1. The van der Waals surface area contributed by atoms with E-state index in [1.165, 1.54) is 25.1 Å². The van der Waals surface area contributed by atoms with Crippen LogP contribution in [0.3, 0.4) is 0 Å². The highest BCUT2D eigenvalue weighted by Crippen LogP contribution is 2.17. The second kappa shape index (κ2) is 5.44. The topological polar surface area (TPSA) is 46.2 Å². The van der Waals surface area contributed by atoms with Crippen molar-refractivity contribution in [2.45, 2.75) is 6.92 Å². The molecule has 0 saturated carbocycles. The maximum atomic E-state index is 13.0. The molecular formula is C15H12FNO2. The van der Waals surface area contributed by atoms with Gasteiger partial charge in [0.05, 0.1) is 5.69 Å². The zero-order valence-electron chi connectivity index (χ0n) is 10.3. The monoisotopic (exact) mass is 257 g/mol. The normalized spacial score (nSPS) is 10.0. The van der Waals surface area contributed by atoms with Gasteiger partial charge < -0.3 is 5.32 Å². The van der Waals surface area contributed by atoms with Crippen molar-refractivity contribution < 1.29 is 14.0 Å². The van der Waals surface area contributed by atoms with Crippen LogP contribution in [0.15, 0.2) is 48.5 Å². The number of amides is 1. The van der Waals surface area contributed by atoms with Gasteiger partial charge in [0, 0.05) is 11.1 Å². The fourth-order valence-electron chi connectivity index (χ4n) is 1.72. The second-order valence-electron chi connectivity index (χ2n) is 4.07. The Labute approximate surface area is 110 Å². The van der Waals surface area contributed by atoms with Crippen molar-refractivity contribution in [1.82, 2.24) is 0 Å². The molecule has 2 aromatic carbocycles. The molecule has 0 aliphatic carbocycles. The number of carbonyl (C=O) groups is 2. The molecule has 1 N–H and O–H groups in total. The minimum absolute atomic E-state index is 0.143. The van der Waals surface area contributed by atoms with E-state index in [9.17, 15) is 14.0 Å². The number of nitrogens with one attached hydrogen (secondary N) is 1. The predicted octanol–water partition coefficient (Wildman–Crippen LogP) is 3.28. The summed E-state index contributed by atoms with van der Waals surface area (Å²) in [6.45, 7) is 1.42. The van der Waals surface area contributed by atoms with Crippen molar-refractivity contribution in [3.8, 4) is 0 Å². The van der Waals surface area contributed by atoms with Crippen LogP contribution in [0, 0.1) is 5.82 Å². The Morgan fingerprint density at radius 3 is 2.47 bits per heavy atom. The third kappa shape index (κ3) is 3.04. The smallest absolute Gasteiger partial charge is 0.255 e. The van der Waals surface area contributed by atoms with Crippen molar-refractivity contribution in [3.05, 3.63) is 65.5 Å². The quantitative estimate of drug-likeness (QED) is 0.858. The number of anilines is 1. The SMILES string of the molecule is CC(=O)c1ccccc1NC(=O)c1cccc(F)c1. The Hall–Kier alpha value is -2.49. The van der Waals surface area contributed by atoms with Gasteiger partial charge in [0.25, 0.3) is 5.91 Å². The van der Waals surface area contributed by atoms with E-state index in [4.69, 9.17) is 0 Å². The van der Waals surface area contributed by atoms with Gasteiger partial charge in [0.15, 0.2) is 5.78 Å². The van der Waals surface area contributed by atoms with E-state index >= 15 is 0 Å². The molecule has 0 heterocycles. The van der Waals surface area contributed by atoms with Gasteiger partial charge in [-0.3, -0.25) is 9.59 Å². The van der Waals surface area contributed by atoms with Gasteiger partial charge in [0.1, 0.15) is 5.82 Å². The molecule has 2 aromatic rings. The molecule has 0 radical (unpaired) electrons. The lowest BCUT2D eigenvalue weighted by Gasteiger charge is -2.08. The van der Waals surface area contributed by atoms with Crippen LogP contribution in [0.1, 0.15) is 27.6 Å². The Morgan fingerprint density at radius 1 is 1.05 bits per heavy atom. The van der Waals surface area contributed by atoms with Gasteiger partial charge >= 0.3 is 0 Å². The molecule has 3 nitrogen and oxygen atoms in total. The molecule has 0 fully saturated rings. The summed E-state index contributed by atoms with van der Waals surface area (Å²) in [5.74, 6) is -1.07.